The molecule has 21 heavy (non-hydrogen) atoms. The number of nitrogens with zero attached hydrogens (tertiary/aromatic N) is 1. The summed E-state index contributed by atoms with van der Waals surface area (Å²) in [6, 6.07) is 1.24. The van der Waals surface area contributed by atoms with Crippen LogP contribution in [0.1, 0.15) is 65.2 Å². The molecular weight excluding hydrogens is 278 g/mol. The van der Waals surface area contributed by atoms with Crippen molar-refractivity contribution in [3.8, 4) is 0 Å². The van der Waals surface area contributed by atoms with Crippen LogP contribution in [0.2, 0.25) is 5.54 Å². The first-order chi connectivity index (χ1) is 10.1. The van der Waals surface area contributed by atoms with Crippen LogP contribution in [0.25, 0.3) is 0 Å². The highest BCUT2D eigenvalue weighted by Crippen LogP contribution is 2.55. The SMILES string of the molecule is CO[Si](OC)(C1CCC2CCCCC21)N1C(C)CCC1C. The Labute approximate surface area is 131 Å². The molecule has 0 spiro atoms. The summed E-state index contributed by atoms with van der Waals surface area (Å²) >= 11 is 0. The Morgan fingerprint density at radius 1 is 0.810 bits per heavy atom. The Hall–Kier alpha value is 0.0969. The highest BCUT2D eigenvalue weighted by atomic mass is 28.4. The summed E-state index contributed by atoms with van der Waals surface area (Å²) in [5.41, 5.74) is 0.681. The topological polar surface area (TPSA) is 21.7 Å². The standard InChI is InChI=1S/C17H33NO2Si/c1-13-9-10-14(2)18(13)21(19-3,20-4)17-12-11-15-7-5-6-8-16(15)17/h13-17H,5-12H2,1-4H3. The Bertz CT molecular complexity index is 351. The minimum Gasteiger partial charge on any atom is -0.386 e. The van der Waals surface area contributed by atoms with Crippen LogP contribution < -0.4 is 0 Å². The van der Waals surface area contributed by atoms with Gasteiger partial charge in [-0.25, -0.2) is 0 Å². The van der Waals surface area contributed by atoms with Gasteiger partial charge < -0.3 is 8.85 Å². The molecule has 2 saturated carbocycles. The average molecular weight is 312 g/mol. The van der Waals surface area contributed by atoms with E-state index in [1.807, 2.05) is 14.2 Å². The number of hydrogen-bond donors (Lipinski definition) is 0. The highest BCUT2D eigenvalue weighted by Gasteiger charge is 2.60. The summed E-state index contributed by atoms with van der Waals surface area (Å²) in [7, 11) is 1.56. The van der Waals surface area contributed by atoms with Crippen molar-refractivity contribution < 1.29 is 8.85 Å². The second-order valence-electron chi connectivity index (χ2n) is 7.61. The van der Waals surface area contributed by atoms with Crippen molar-refractivity contribution in [1.29, 1.82) is 0 Å². The van der Waals surface area contributed by atoms with Crippen LogP contribution in [0.3, 0.4) is 0 Å². The van der Waals surface area contributed by atoms with Gasteiger partial charge in [-0.1, -0.05) is 19.3 Å². The zero-order valence-corrected chi connectivity index (χ0v) is 15.3. The second-order valence-corrected chi connectivity index (χ2v) is 10.9. The molecule has 0 N–H and O–H groups in total. The van der Waals surface area contributed by atoms with Crippen LogP contribution in [-0.4, -0.2) is 39.6 Å². The quantitative estimate of drug-likeness (QED) is 0.731. The van der Waals surface area contributed by atoms with E-state index in [-0.39, 0.29) is 0 Å². The molecule has 3 nitrogen and oxygen atoms in total. The van der Waals surface area contributed by atoms with Gasteiger partial charge in [0.2, 0.25) is 0 Å². The lowest BCUT2D eigenvalue weighted by Gasteiger charge is -2.46. The summed E-state index contributed by atoms with van der Waals surface area (Å²) in [5.74, 6) is 1.82. The predicted octanol–water partition coefficient (Wildman–Crippen LogP) is 4.06. The first kappa shape index (κ1) is 16.0. The molecule has 0 aromatic carbocycles. The zero-order chi connectivity index (χ0) is 15.0. The minimum absolute atomic E-state index is 0.620. The van der Waals surface area contributed by atoms with Crippen LogP contribution in [0.4, 0.5) is 0 Å². The van der Waals surface area contributed by atoms with Gasteiger partial charge in [0.05, 0.1) is 0 Å². The van der Waals surface area contributed by atoms with E-state index in [4.69, 9.17) is 8.85 Å². The van der Waals surface area contributed by atoms with Gasteiger partial charge in [0.25, 0.3) is 0 Å². The van der Waals surface area contributed by atoms with E-state index in [0.717, 1.165) is 11.8 Å². The molecule has 1 aliphatic heterocycles. The van der Waals surface area contributed by atoms with Crippen LogP contribution in [0.5, 0.6) is 0 Å². The molecule has 1 saturated heterocycles. The van der Waals surface area contributed by atoms with Crippen LogP contribution in [-0.2, 0) is 8.85 Å². The van der Waals surface area contributed by atoms with E-state index in [1.165, 1.54) is 51.4 Å². The van der Waals surface area contributed by atoms with Gasteiger partial charge in [-0.3, -0.25) is 4.57 Å². The lowest BCUT2D eigenvalue weighted by Crippen LogP contribution is -2.64. The maximum absolute atomic E-state index is 6.29. The van der Waals surface area contributed by atoms with E-state index in [2.05, 4.69) is 18.4 Å². The molecular formula is C17H33NO2Si. The molecule has 5 atom stereocenters. The average Bonchev–Trinajstić information content (AvgIpc) is 3.08. The molecule has 3 aliphatic rings. The normalized spacial score (nSPS) is 41.4. The Kier molecular flexibility index (Phi) is 4.79. The van der Waals surface area contributed by atoms with Crippen molar-refractivity contribution in [3.63, 3.8) is 0 Å². The highest BCUT2D eigenvalue weighted by molar-refractivity contribution is 6.66. The summed E-state index contributed by atoms with van der Waals surface area (Å²) in [4.78, 5) is 0. The fraction of sp³-hybridized carbons (Fsp3) is 1.00. The van der Waals surface area contributed by atoms with E-state index >= 15 is 0 Å². The molecule has 3 fully saturated rings. The van der Waals surface area contributed by atoms with Gasteiger partial charge in [-0.2, -0.15) is 0 Å². The monoisotopic (exact) mass is 311 g/mol. The maximum atomic E-state index is 6.29. The van der Waals surface area contributed by atoms with Crippen LogP contribution >= 0.6 is 0 Å². The van der Waals surface area contributed by atoms with Gasteiger partial charge in [-0.05, 0) is 57.8 Å². The van der Waals surface area contributed by atoms with E-state index in [0.29, 0.717) is 17.6 Å². The summed E-state index contributed by atoms with van der Waals surface area (Å²) < 4.78 is 15.3. The molecule has 4 heteroatoms. The molecule has 0 radical (unpaired) electrons. The maximum Gasteiger partial charge on any atom is 0.431 e. The fourth-order valence-corrected chi connectivity index (χ4v) is 10.4. The van der Waals surface area contributed by atoms with Gasteiger partial charge >= 0.3 is 8.72 Å². The first-order valence-electron chi connectivity index (χ1n) is 9.02. The number of rotatable bonds is 4. The number of fused-ring (bicyclic) bond motifs is 1. The van der Waals surface area contributed by atoms with Gasteiger partial charge in [0.15, 0.2) is 0 Å². The molecule has 0 aromatic rings. The lowest BCUT2D eigenvalue weighted by molar-refractivity contribution is 0.115. The largest absolute Gasteiger partial charge is 0.431 e. The van der Waals surface area contributed by atoms with Crippen molar-refractivity contribution in [2.75, 3.05) is 14.2 Å². The molecule has 1 heterocycles. The molecule has 122 valence electrons. The van der Waals surface area contributed by atoms with Gasteiger partial charge in [-0.15, -0.1) is 0 Å². The van der Waals surface area contributed by atoms with E-state index in [9.17, 15) is 0 Å². The first-order valence-corrected chi connectivity index (χ1v) is 10.9. The Morgan fingerprint density at radius 3 is 2.05 bits per heavy atom. The Morgan fingerprint density at radius 2 is 1.43 bits per heavy atom. The Balaban J connectivity index is 1.89. The van der Waals surface area contributed by atoms with Crippen molar-refractivity contribution >= 4 is 8.72 Å². The molecule has 0 bridgehead atoms. The van der Waals surface area contributed by atoms with Crippen molar-refractivity contribution in [2.45, 2.75) is 82.8 Å². The van der Waals surface area contributed by atoms with E-state index in [1.54, 1.807) is 0 Å². The summed E-state index contributed by atoms with van der Waals surface area (Å²) in [6.07, 6.45) is 11.1. The lowest BCUT2D eigenvalue weighted by atomic mass is 9.82. The smallest absolute Gasteiger partial charge is 0.386 e. The summed E-state index contributed by atoms with van der Waals surface area (Å²) in [6.45, 7) is 4.74. The third-order valence-electron chi connectivity index (χ3n) is 6.70. The third-order valence-corrected chi connectivity index (χ3v) is 11.1. The third kappa shape index (κ3) is 2.52. The molecule has 5 unspecified atom stereocenters. The van der Waals surface area contributed by atoms with Gasteiger partial charge in [0, 0.05) is 31.8 Å². The zero-order valence-electron chi connectivity index (χ0n) is 14.3. The van der Waals surface area contributed by atoms with Crippen molar-refractivity contribution in [2.24, 2.45) is 11.8 Å². The molecule has 0 amide bonds. The van der Waals surface area contributed by atoms with Crippen LogP contribution in [0, 0.1) is 11.8 Å². The molecule has 2 aliphatic carbocycles. The predicted molar refractivity (Wildman–Crippen MR) is 88.2 cm³/mol. The fourth-order valence-electron chi connectivity index (χ4n) is 5.78. The summed E-state index contributed by atoms with van der Waals surface area (Å²) in [5, 5.41) is 0. The molecule has 3 rings (SSSR count). The van der Waals surface area contributed by atoms with Gasteiger partial charge in [0.1, 0.15) is 0 Å². The van der Waals surface area contributed by atoms with Crippen LogP contribution in [0.15, 0.2) is 0 Å². The number of hydrogen-bond acceptors (Lipinski definition) is 3. The van der Waals surface area contributed by atoms with Crippen molar-refractivity contribution in [3.05, 3.63) is 0 Å². The van der Waals surface area contributed by atoms with Crippen molar-refractivity contribution in [1.82, 2.24) is 4.57 Å². The van der Waals surface area contributed by atoms with E-state index < -0.39 is 8.72 Å². The minimum atomic E-state index is -2.28. The molecule has 0 aromatic heterocycles. The second kappa shape index (κ2) is 6.30.